The summed E-state index contributed by atoms with van der Waals surface area (Å²) in [7, 11) is 1.32. The number of benzene rings is 1. The van der Waals surface area contributed by atoms with Gasteiger partial charge in [-0.1, -0.05) is 24.3 Å². The molecule has 0 amide bonds. The van der Waals surface area contributed by atoms with E-state index in [1.807, 2.05) is 0 Å². The number of carboxylic acid groups (broad SMARTS) is 1. The maximum atomic E-state index is 12.3. The summed E-state index contributed by atoms with van der Waals surface area (Å²) in [5.41, 5.74) is -0.782. The maximum Gasteiger partial charge on any atom is 0.311 e. The van der Waals surface area contributed by atoms with E-state index in [4.69, 9.17) is 9.84 Å². The molecule has 0 aliphatic carbocycles. The first kappa shape index (κ1) is 22.5. The maximum absolute atomic E-state index is 12.3. The third kappa shape index (κ3) is 6.31. The molecule has 1 N–H and O–H groups in total. The van der Waals surface area contributed by atoms with Crippen molar-refractivity contribution in [2.75, 3.05) is 7.11 Å². The Kier molecular flexibility index (Phi) is 7.46. The number of Topliss-reactive ketones (excluding diaryl/α,β-unsaturated/α-hetero) is 2. The summed E-state index contributed by atoms with van der Waals surface area (Å²) >= 11 is 0. The molecular formula is C21H28O6. The van der Waals surface area contributed by atoms with E-state index >= 15 is 0 Å². The summed E-state index contributed by atoms with van der Waals surface area (Å²) in [5.74, 6) is -1.57. The van der Waals surface area contributed by atoms with Crippen LogP contribution in [-0.4, -0.2) is 35.7 Å². The van der Waals surface area contributed by atoms with Gasteiger partial charge in [-0.3, -0.25) is 19.2 Å². The quantitative estimate of drug-likeness (QED) is 0.491. The molecule has 0 aliphatic rings. The smallest absolute Gasteiger partial charge is 0.311 e. The van der Waals surface area contributed by atoms with E-state index in [1.165, 1.54) is 7.11 Å². The van der Waals surface area contributed by atoms with Crippen LogP contribution in [0.1, 0.15) is 74.1 Å². The van der Waals surface area contributed by atoms with Crippen molar-refractivity contribution in [3.63, 3.8) is 0 Å². The molecule has 6 nitrogen and oxygen atoms in total. The Morgan fingerprint density at radius 1 is 0.815 bits per heavy atom. The molecule has 0 radical (unpaired) electrons. The summed E-state index contributed by atoms with van der Waals surface area (Å²) in [6, 6.07) is 6.33. The minimum atomic E-state index is -0.960. The largest absolute Gasteiger partial charge is 0.481 e. The molecule has 1 aromatic carbocycles. The van der Waals surface area contributed by atoms with Crippen molar-refractivity contribution in [3.05, 3.63) is 35.4 Å². The molecule has 0 unspecified atom stereocenters. The molecule has 0 aromatic heterocycles. The molecule has 0 spiro atoms. The standard InChI is InChI=1S/C21H28O6/c1-20(2,18(24)25)12-10-16(22)14-6-8-15(9-7-14)17(23)11-13-21(3,4)19(26)27-5/h6-9H,10-13H2,1-5H3,(H,24,25). The Hall–Kier alpha value is -2.50. The minimum absolute atomic E-state index is 0.113. The van der Waals surface area contributed by atoms with Crippen LogP contribution in [0, 0.1) is 10.8 Å². The summed E-state index contributed by atoms with van der Waals surface area (Å²) in [6.07, 6.45) is 0.927. The lowest BCUT2D eigenvalue weighted by Crippen LogP contribution is -2.26. The van der Waals surface area contributed by atoms with Crippen LogP contribution in [-0.2, 0) is 14.3 Å². The number of carbonyl (C=O) groups is 4. The monoisotopic (exact) mass is 376 g/mol. The molecular weight excluding hydrogens is 348 g/mol. The average molecular weight is 376 g/mol. The number of hydrogen-bond donors (Lipinski definition) is 1. The van der Waals surface area contributed by atoms with Crippen LogP contribution in [0.2, 0.25) is 0 Å². The van der Waals surface area contributed by atoms with Crippen molar-refractivity contribution in [2.24, 2.45) is 10.8 Å². The molecule has 148 valence electrons. The second kappa shape index (κ2) is 8.93. The van der Waals surface area contributed by atoms with Crippen molar-refractivity contribution >= 4 is 23.5 Å². The molecule has 1 aromatic rings. The van der Waals surface area contributed by atoms with Crippen LogP contribution >= 0.6 is 0 Å². The number of ketones is 2. The van der Waals surface area contributed by atoms with Crippen molar-refractivity contribution in [1.82, 2.24) is 0 Å². The number of carbonyl (C=O) groups excluding carboxylic acids is 3. The van der Waals surface area contributed by atoms with Gasteiger partial charge < -0.3 is 9.84 Å². The highest BCUT2D eigenvalue weighted by Gasteiger charge is 2.29. The predicted octanol–water partition coefficient (Wildman–Crippen LogP) is 3.92. The highest BCUT2D eigenvalue weighted by atomic mass is 16.5. The molecule has 0 aliphatic heterocycles. The van der Waals surface area contributed by atoms with Crippen molar-refractivity contribution in [2.45, 2.75) is 53.4 Å². The van der Waals surface area contributed by atoms with Crippen LogP contribution in [0.5, 0.6) is 0 Å². The number of methoxy groups -OCH3 is 1. The van der Waals surface area contributed by atoms with Gasteiger partial charge in [-0.15, -0.1) is 0 Å². The molecule has 1 rings (SSSR count). The number of carboxylic acids is 1. The Labute approximate surface area is 159 Å². The third-order valence-electron chi connectivity index (χ3n) is 4.80. The number of aliphatic carboxylic acids is 1. The first-order chi connectivity index (χ1) is 12.4. The first-order valence-corrected chi connectivity index (χ1v) is 8.89. The van der Waals surface area contributed by atoms with E-state index in [1.54, 1.807) is 52.0 Å². The van der Waals surface area contributed by atoms with E-state index in [0.717, 1.165) is 0 Å². The first-order valence-electron chi connectivity index (χ1n) is 8.89. The SMILES string of the molecule is COC(=O)C(C)(C)CCC(=O)c1ccc(C(=O)CCC(C)(C)C(=O)O)cc1. The van der Waals surface area contributed by atoms with Gasteiger partial charge in [0.25, 0.3) is 0 Å². The second-order valence-corrected chi connectivity index (χ2v) is 7.99. The van der Waals surface area contributed by atoms with Crippen molar-refractivity contribution in [1.29, 1.82) is 0 Å². The van der Waals surface area contributed by atoms with Gasteiger partial charge >= 0.3 is 11.9 Å². The molecule has 0 fully saturated rings. The van der Waals surface area contributed by atoms with Gasteiger partial charge in [0, 0.05) is 24.0 Å². The van der Waals surface area contributed by atoms with Crippen LogP contribution in [0.3, 0.4) is 0 Å². The molecule has 0 atom stereocenters. The predicted molar refractivity (Wildman–Crippen MR) is 101 cm³/mol. The third-order valence-corrected chi connectivity index (χ3v) is 4.80. The molecule has 0 saturated heterocycles. The fourth-order valence-corrected chi connectivity index (χ4v) is 2.47. The topological polar surface area (TPSA) is 97.7 Å². The van der Waals surface area contributed by atoms with Crippen LogP contribution < -0.4 is 0 Å². The zero-order chi connectivity index (χ0) is 20.8. The highest BCUT2D eigenvalue weighted by Crippen LogP contribution is 2.26. The summed E-state index contributed by atoms with van der Waals surface area (Å²) < 4.78 is 4.73. The Bertz CT molecular complexity index is 713. The lowest BCUT2D eigenvalue weighted by Gasteiger charge is -2.20. The van der Waals surface area contributed by atoms with Crippen LogP contribution in [0.4, 0.5) is 0 Å². The van der Waals surface area contributed by atoms with Gasteiger partial charge in [-0.25, -0.2) is 0 Å². The van der Waals surface area contributed by atoms with Crippen molar-refractivity contribution in [3.8, 4) is 0 Å². The van der Waals surface area contributed by atoms with Crippen LogP contribution in [0.25, 0.3) is 0 Å². The van der Waals surface area contributed by atoms with Gasteiger partial charge in [-0.2, -0.15) is 0 Å². The van der Waals surface area contributed by atoms with Gasteiger partial charge in [0.1, 0.15) is 0 Å². The fraction of sp³-hybridized carbons (Fsp3) is 0.524. The lowest BCUT2D eigenvalue weighted by atomic mass is 9.85. The average Bonchev–Trinajstić information content (AvgIpc) is 2.63. The lowest BCUT2D eigenvalue weighted by molar-refractivity contribution is -0.151. The zero-order valence-electron chi connectivity index (χ0n) is 16.6. The van der Waals surface area contributed by atoms with E-state index in [9.17, 15) is 19.2 Å². The summed E-state index contributed by atoms with van der Waals surface area (Å²) in [6.45, 7) is 6.62. The molecule has 0 saturated carbocycles. The van der Waals surface area contributed by atoms with E-state index in [-0.39, 0.29) is 36.8 Å². The van der Waals surface area contributed by atoms with E-state index in [0.29, 0.717) is 17.5 Å². The number of hydrogen-bond acceptors (Lipinski definition) is 5. The Balaban J connectivity index is 2.67. The minimum Gasteiger partial charge on any atom is -0.481 e. The molecule has 6 heteroatoms. The summed E-state index contributed by atoms with van der Waals surface area (Å²) in [5, 5.41) is 9.10. The van der Waals surface area contributed by atoms with E-state index in [2.05, 4.69) is 0 Å². The molecule has 0 heterocycles. The fourth-order valence-electron chi connectivity index (χ4n) is 2.47. The number of esters is 1. The zero-order valence-corrected chi connectivity index (χ0v) is 16.6. The van der Waals surface area contributed by atoms with Crippen LogP contribution in [0.15, 0.2) is 24.3 Å². The van der Waals surface area contributed by atoms with E-state index < -0.39 is 16.8 Å². The molecule has 0 bridgehead atoms. The van der Waals surface area contributed by atoms with Gasteiger partial charge in [-0.05, 0) is 40.5 Å². The van der Waals surface area contributed by atoms with Gasteiger partial charge in [0.05, 0.1) is 17.9 Å². The highest BCUT2D eigenvalue weighted by molar-refractivity contribution is 5.99. The van der Waals surface area contributed by atoms with Gasteiger partial charge in [0.15, 0.2) is 11.6 Å². The second-order valence-electron chi connectivity index (χ2n) is 7.99. The van der Waals surface area contributed by atoms with Gasteiger partial charge in [0.2, 0.25) is 0 Å². The normalized spacial score (nSPS) is 11.7. The summed E-state index contributed by atoms with van der Waals surface area (Å²) in [4.78, 5) is 47.3. The Morgan fingerprint density at radius 2 is 1.19 bits per heavy atom. The number of rotatable bonds is 10. The van der Waals surface area contributed by atoms with Crippen molar-refractivity contribution < 1.29 is 29.0 Å². The Morgan fingerprint density at radius 3 is 1.52 bits per heavy atom. The number of ether oxygens (including phenoxy) is 1. The molecule has 27 heavy (non-hydrogen) atoms.